The minimum atomic E-state index is -0.876. The van der Waals surface area contributed by atoms with Gasteiger partial charge in [-0.15, -0.1) is 0 Å². The normalized spacial score (nSPS) is 10.9. The lowest BCUT2D eigenvalue weighted by molar-refractivity contribution is 0.0684. The van der Waals surface area contributed by atoms with Crippen LogP contribution < -0.4 is 0 Å². The largest absolute Gasteiger partial charge is 0.477 e. The maximum absolute atomic E-state index is 10.8. The van der Waals surface area contributed by atoms with E-state index in [1.807, 2.05) is 6.20 Å². The lowest BCUT2D eigenvalue weighted by Crippen LogP contribution is -2.08. The Bertz CT molecular complexity index is 331. The number of hydrogen-bond donors (Lipinski definition) is 1. The van der Waals surface area contributed by atoms with E-state index in [0.717, 1.165) is 17.4 Å². The maximum Gasteiger partial charge on any atom is 0.352 e. The smallest absolute Gasteiger partial charge is 0.352 e. The summed E-state index contributed by atoms with van der Waals surface area (Å²) in [6, 6.07) is 1.63. The molecular formula is C10H14BrNO2. The van der Waals surface area contributed by atoms with E-state index in [4.69, 9.17) is 5.11 Å². The molecule has 0 aliphatic heterocycles. The molecule has 0 radical (unpaired) electrons. The van der Waals surface area contributed by atoms with Gasteiger partial charge in [0.15, 0.2) is 0 Å². The topological polar surface area (TPSA) is 42.2 Å². The van der Waals surface area contributed by atoms with Crippen LogP contribution in [-0.4, -0.2) is 15.6 Å². The van der Waals surface area contributed by atoms with Crippen LogP contribution in [0.1, 0.15) is 30.8 Å². The van der Waals surface area contributed by atoms with E-state index in [-0.39, 0.29) is 0 Å². The highest BCUT2D eigenvalue weighted by molar-refractivity contribution is 9.10. The van der Waals surface area contributed by atoms with Crippen LogP contribution in [0.5, 0.6) is 0 Å². The molecule has 3 nitrogen and oxygen atoms in total. The van der Waals surface area contributed by atoms with Gasteiger partial charge in [-0.2, -0.15) is 0 Å². The summed E-state index contributed by atoms with van der Waals surface area (Å²) in [4.78, 5) is 10.8. The number of nitrogens with zero attached hydrogens (tertiary/aromatic N) is 1. The second kappa shape index (κ2) is 4.64. The van der Waals surface area contributed by atoms with Gasteiger partial charge in [0.05, 0.1) is 0 Å². The highest BCUT2D eigenvalue weighted by atomic mass is 79.9. The first kappa shape index (κ1) is 11.3. The molecule has 1 N–H and O–H groups in total. The van der Waals surface area contributed by atoms with Crippen LogP contribution in [0.15, 0.2) is 16.7 Å². The van der Waals surface area contributed by atoms with Crippen LogP contribution in [-0.2, 0) is 6.54 Å². The van der Waals surface area contributed by atoms with Crippen molar-refractivity contribution in [1.29, 1.82) is 0 Å². The second-order valence-corrected chi connectivity index (χ2v) is 4.64. The van der Waals surface area contributed by atoms with E-state index in [1.54, 1.807) is 10.6 Å². The van der Waals surface area contributed by atoms with Crippen molar-refractivity contribution in [2.75, 3.05) is 0 Å². The quantitative estimate of drug-likeness (QED) is 0.904. The average molecular weight is 260 g/mol. The molecular weight excluding hydrogens is 246 g/mol. The molecule has 0 amide bonds. The van der Waals surface area contributed by atoms with Gasteiger partial charge in [0.2, 0.25) is 0 Å². The van der Waals surface area contributed by atoms with Crippen molar-refractivity contribution in [2.45, 2.75) is 26.8 Å². The predicted octanol–water partition coefficient (Wildman–Crippen LogP) is 2.99. The SMILES string of the molecule is CC(C)CCn1cc(Br)cc1C(=O)O. The Morgan fingerprint density at radius 2 is 2.29 bits per heavy atom. The lowest BCUT2D eigenvalue weighted by atomic mass is 10.1. The van der Waals surface area contributed by atoms with Crippen LogP contribution in [0.25, 0.3) is 0 Å². The zero-order chi connectivity index (χ0) is 10.7. The van der Waals surface area contributed by atoms with Crippen molar-refractivity contribution in [3.05, 3.63) is 22.4 Å². The Morgan fingerprint density at radius 3 is 2.79 bits per heavy atom. The summed E-state index contributed by atoms with van der Waals surface area (Å²) in [5.74, 6) is -0.294. The third kappa shape index (κ3) is 2.87. The van der Waals surface area contributed by atoms with Crippen molar-refractivity contribution < 1.29 is 9.90 Å². The number of hydrogen-bond acceptors (Lipinski definition) is 1. The van der Waals surface area contributed by atoms with Crippen molar-refractivity contribution in [2.24, 2.45) is 5.92 Å². The molecule has 14 heavy (non-hydrogen) atoms. The van der Waals surface area contributed by atoms with Gasteiger partial charge in [0, 0.05) is 17.2 Å². The monoisotopic (exact) mass is 259 g/mol. The molecule has 0 saturated heterocycles. The van der Waals surface area contributed by atoms with Crippen molar-refractivity contribution in [3.8, 4) is 0 Å². The van der Waals surface area contributed by atoms with Crippen molar-refractivity contribution in [3.63, 3.8) is 0 Å². The van der Waals surface area contributed by atoms with Crippen LogP contribution in [0.2, 0.25) is 0 Å². The molecule has 1 heterocycles. The van der Waals surface area contributed by atoms with Crippen LogP contribution in [0.4, 0.5) is 0 Å². The summed E-state index contributed by atoms with van der Waals surface area (Å²) in [6.07, 6.45) is 2.80. The Hall–Kier alpha value is -0.770. The lowest BCUT2D eigenvalue weighted by Gasteiger charge is -2.07. The number of carboxylic acid groups (broad SMARTS) is 1. The summed E-state index contributed by atoms with van der Waals surface area (Å²) in [5, 5.41) is 8.90. The van der Waals surface area contributed by atoms with Crippen LogP contribution in [0.3, 0.4) is 0 Å². The predicted molar refractivity (Wildman–Crippen MR) is 58.5 cm³/mol. The average Bonchev–Trinajstić information content (AvgIpc) is 2.43. The molecule has 0 aliphatic carbocycles. The summed E-state index contributed by atoms with van der Waals surface area (Å²) in [7, 11) is 0. The highest BCUT2D eigenvalue weighted by Crippen LogP contribution is 2.16. The molecule has 78 valence electrons. The summed E-state index contributed by atoms with van der Waals surface area (Å²) in [5.41, 5.74) is 0.345. The molecule has 0 aromatic carbocycles. The molecule has 0 aliphatic rings. The van der Waals surface area contributed by atoms with Crippen molar-refractivity contribution in [1.82, 2.24) is 4.57 Å². The zero-order valence-corrected chi connectivity index (χ0v) is 9.91. The minimum absolute atomic E-state index is 0.345. The van der Waals surface area contributed by atoms with E-state index in [1.165, 1.54) is 0 Å². The highest BCUT2D eigenvalue weighted by Gasteiger charge is 2.11. The molecule has 1 rings (SSSR count). The third-order valence-electron chi connectivity index (χ3n) is 2.03. The van der Waals surface area contributed by atoms with Gasteiger partial charge in [-0.25, -0.2) is 4.79 Å². The first-order chi connectivity index (χ1) is 6.50. The number of aromatic nitrogens is 1. The van der Waals surface area contributed by atoms with Gasteiger partial charge < -0.3 is 9.67 Å². The number of carboxylic acids is 1. The van der Waals surface area contributed by atoms with Crippen LogP contribution in [0, 0.1) is 5.92 Å². The van der Waals surface area contributed by atoms with Gasteiger partial charge in [-0.05, 0) is 34.3 Å². The molecule has 1 aromatic rings. The Labute approximate surface area is 91.9 Å². The molecule has 0 bridgehead atoms. The first-order valence-electron chi connectivity index (χ1n) is 4.59. The fourth-order valence-electron chi connectivity index (χ4n) is 1.24. The van der Waals surface area contributed by atoms with Gasteiger partial charge in [0.1, 0.15) is 5.69 Å². The number of aromatic carboxylic acids is 1. The molecule has 1 aromatic heterocycles. The van der Waals surface area contributed by atoms with Gasteiger partial charge in [-0.1, -0.05) is 13.8 Å². The molecule has 0 fully saturated rings. The third-order valence-corrected chi connectivity index (χ3v) is 2.46. The second-order valence-electron chi connectivity index (χ2n) is 3.72. The Morgan fingerprint density at radius 1 is 1.64 bits per heavy atom. The Balaban J connectivity index is 2.79. The van der Waals surface area contributed by atoms with Gasteiger partial charge in [-0.3, -0.25) is 0 Å². The number of rotatable bonds is 4. The fraction of sp³-hybridized carbons (Fsp3) is 0.500. The number of aryl methyl sites for hydroxylation is 1. The first-order valence-corrected chi connectivity index (χ1v) is 5.39. The molecule has 0 atom stereocenters. The van der Waals surface area contributed by atoms with E-state index in [0.29, 0.717) is 11.6 Å². The van der Waals surface area contributed by atoms with Crippen LogP contribution >= 0.6 is 15.9 Å². The number of halogens is 1. The minimum Gasteiger partial charge on any atom is -0.477 e. The molecule has 0 saturated carbocycles. The fourth-order valence-corrected chi connectivity index (χ4v) is 1.70. The Kier molecular flexibility index (Phi) is 3.75. The molecule has 0 spiro atoms. The van der Waals surface area contributed by atoms with E-state index < -0.39 is 5.97 Å². The van der Waals surface area contributed by atoms with Gasteiger partial charge >= 0.3 is 5.97 Å². The summed E-state index contributed by atoms with van der Waals surface area (Å²) < 4.78 is 2.59. The van der Waals surface area contributed by atoms with Crippen molar-refractivity contribution >= 4 is 21.9 Å². The molecule has 4 heteroatoms. The summed E-state index contributed by atoms with van der Waals surface area (Å²) in [6.45, 7) is 5.00. The molecule has 0 unspecified atom stereocenters. The van der Waals surface area contributed by atoms with Gasteiger partial charge in [0.25, 0.3) is 0 Å². The standard InChI is InChI=1S/C10H14BrNO2/c1-7(2)3-4-12-6-8(11)5-9(12)10(13)14/h5-7H,3-4H2,1-2H3,(H,13,14). The zero-order valence-electron chi connectivity index (χ0n) is 8.33. The van der Waals surface area contributed by atoms with E-state index in [2.05, 4.69) is 29.8 Å². The van der Waals surface area contributed by atoms with E-state index >= 15 is 0 Å². The summed E-state index contributed by atoms with van der Waals surface area (Å²) >= 11 is 3.27. The van der Waals surface area contributed by atoms with E-state index in [9.17, 15) is 4.79 Å². The number of carbonyl (C=O) groups is 1. The maximum atomic E-state index is 10.8.